The molecule has 0 unspecified atom stereocenters. The van der Waals surface area contributed by atoms with Gasteiger partial charge in [-0.05, 0) is 36.5 Å². The van der Waals surface area contributed by atoms with Gasteiger partial charge in [0.2, 0.25) is 0 Å². The van der Waals surface area contributed by atoms with Crippen molar-refractivity contribution in [3.05, 3.63) is 49.1 Å². The van der Waals surface area contributed by atoms with Gasteiger partial charge in [-0.25, -0.2) is 9.13 Å². The van der Waals surface area contributed by atoms with Crippen molar-refractivity contribution < 1.29 is 57.1 Å². The normalized spacial score (nSPS) is 10.7. The summed E-state index contributed by atoms with van der Waals surface area (Å²) in [6.07, 6.45) is 20.1. The van der Waals surface area contributed by atoms with Crippen LogP contribution in [0.4, 0.5) is 0 Å². The number of rotatable bonds is 16. The Hall–Kier alpha value is -0.420. The van der Waals surface area contributed by atoms with Crippen LogP contribution in [0.2, 0.25) is 0 Å². The molecule has 6 nitrogen and oxygen atoms in total. The number of halogens is 2. The van der Waals surface area contributed by atoms with Gasteiger partial charge < -0.3 is 48.0 Å². The highest BCUT2D eigenvalue weighted by Gasteiger charge is 2.14. The van der Waals surface area contributed by atoms with E-state index >= 15 is 0 Å². The van der Waals surface area contributed by atoms with Gasteiger partial charge in [0.25, 0.3) is 0 Å². The first-order valence-electron chi connectivity index (χ1n) is 13.0. The summed E-state index contributed by atoms with van der Waals surface area (Å²) in [6, 6.07) is 8.34. The van der Waals surface area contributed by atoms with Crippen LogP contribution >= 0.6 is 47.0 Å². The molecule has 0 aliphatic rings. The third kappa shape index (κ3) is 11.8. The van der Waals surface area contributed by atoms with Crippen molar-refractivity contribution >= 4 is 47.0 Å². The number of pyridine rings is 2. The number of hydrogen-bond acceptors (Lipinski definition) is 8. The number of nitrogens with zero attached hydrogens (tertiary/aromatic N) is 6. The lowest BCUT2D eigenvalue weighted by atomic mass is 10.1. The van der Waals surface area contributed by atoms with Gasteiger partial charge in [0.15, 0.2) is 24.8 Å². The van der Waals surface area contributed by atoms with Crippen molar-refractivity contribution in [2.45, 2.75) is 67.8 Å². The van der Waals surface area contributed by atoms with Crippen molar-refractivity contribution in [2.24, 2.45) is 14.1 Å². The summed E-state index contributed by atoms with van der Waals surface area (Å²) in [5.41, 5.74) is 4.34. The van der Waals surface area contributed by atoms with E-state index in [0.29, 0.717) is 0 Å². The van der Waals surface area contributed by atoms with Gasteiger partial charge in [-0.2, -0.15) is 17.5 Å². The standard InChI is InChI=1S/C27H36N6S4.2HI/c1-32-16-12-14-22(20-32)24-26(30-36-28-24)34-18-10-8-6-4-3-5-7-9-11-19-35-27-25(29-37-31-27)23-15-13-17-33(2)21-23;;/h12-17,20-21H,3-11,18-19H2,1-2H3;2*1H/q+2;;/p-2. The molecule has 0 amide bonds. The zero-order chi connectivity index (χ0) is 25.7. The molecule has 12 heteroatoms. The summed E-state index contributed by atoms with van der Waals surface area (Å²) < 4.78 is 22.2. The Balaban J connectivity index is 0.00000267. The van der Waals surface area contributed by atoms with E-state index in [9.17, 15) is 0 Å². The van der Waals surface area contributed by atoms with E-state index in [1.54, 1.807) is 0 Å². The van der Waals surface area contributed by atoms with Crippen LogP contribution < -0.4 is 57.1 Å². The Morgan fingerprint density at radius 3 is 1.36 bits per heavy atom. The van der Waals surface area contributed by atoms with Gasteiger partial charge >= 0.3 is 0 Å². The molecular formula is C27H36I2N6S4. The van der Waals surface area contributed by atoms with Crippen molar-refractivity contribution in [3.8, 4) is 22.5 Å². The monoisotopic (exact) mass is 826 g/mol. The first kappa shape index (κ1) is 34.8. The van der Waals surface area contributed by atoms with E-state index in [1.165, 1.54) is 81.2 Å². The molecule has 0 bridgehead atoms. The minimum absolute atomic E-state index is 0. The first-order valence-corrected chi connectivity index (χ1v) is 16.5. The first-order chi connectivity index (χ1) is 18.2. The van der Waals surface area contributed by atoms with Gasteiger partial charge in [0.05, 0.1) is 34.6 Å². The van der Waals surface area contributed by atoms with Gasteiger partial charge in [0.1, 0.15) is 35.5 Å². The number of thioether (sulfide) groups is 2. The van der Waals surface area contributed by atoms with Crippen LogP contribution in [0.5, 0.6) is 0 Å². The minimum Gasteiger partial charge on any atom is -1.00 e. The van der Waals surface area contributed by atoms with Crippen LogP contribution in [0.3, 0.4) is 0 Å². The fourth-order valence-electron chi connectivity index (χ4n) is 4.14. The molecule has 0 saturated carbocycles. The smallest absolute Gasteiger partial charge is 0.178 e. The topological polar surface area (TPSA) is 59.3 Å². The Kier molecular flexibility index (Phi) is 17.5. The number of aryl methyl sites for hydroxylation is 2. The van der Waals surface area contributed by atoms with Crippen LogP contribution in [-0.4, -0.2) is 29.0 Å². The molecule has 0 aromatic carbocycles. The Morgan fingerprint density at radius 1 is 0.590 bits per heavy atom. The van der Waals surface area contributed by atoms with Crippen LogP contribution in [-0.2, 0) is 14.1 Å². The van der Waals surface area contributed by atoms with Gasteiger partial charge in [-0.15, -0.1) is 23.5 Å². The summed E-state index contributed by atoms with van der Waals surface area (Å²) in [6.45, 7) is 0. The molecule has 39 heavy (non-hydrogen) atoms. The molecule has 0 spiro atoms. The Morgan fingerprint density at radius 2 is 0.974 bits per heavy atom. The van der Waals surface area contributed by atoms with E-state index in [-0.39, 0.29) is 48.0 Å². The number of hydrogen-bond donors (Lipinski definition) is 0. The second-order valence-corrected chi connectivity index (χ2v) is 12.5. The van der Waals surface area contributed by atoms with Crippen molar-refractivity contribution in [3.63, 3.8) is 0 Å². The fraction of sp³-hybridized carbons (Fsp3) is 0.481. The SMILES string of the molecule is C[n+]1cccc(-c2nsnc2SCCCCCCCCCCCSc2nsnc2-c2ccc[n+](C)c2)c1.[I-].[I-]. The molecule has 0 N–H and O–H groups in total. The third-order valence-electron chi connectivity index (χ3n) is 6.11. The zero-order valence-corrected chi connectivity index (χ0v) is 30.1. The third-order valence-corrected chi connectivity index (χ3v) is 9.50. The lowest BCUT2D eigenvalue weighted by Crippen LogP contribution is -3.00. The highest BCUT2D eigenvalue weighted by Crippen LogP contribution is 2.30. The summed E-state index contributed by atoms with van der Waals surface area (Å²) in [5, 5.41) is 2.15. The van der Waals surface area contributed by atoms with E-state index in [4.69, 9.17) is 0 Å². The highest BCUT2D eigenvalue weighted by molar-refractivity contribution is 7.99. The molecule has 4 aromatic rings. The highest BCUT2D eigenvalue weighted by atomic mass is 127. The van der Waals surface area contributed by atoms with Crippen LogP contribution in [0.15, 0.2) is 59.1 Å². The van der Waals surface area contributed by atoms with Gasteiger partial charge in [0, 0.05) is 12.1 Å². The maximum Gasteiger partial charge on any atom is 0.178 e. The Labute approximate surface area is 283 Å². The molecule has 4 heterocycles. The quantitative estimate of drug-likeness (QED) is 0.0722. The second-order valence-electron chi connectivity index (χ2n) is 9.23. The van der Waals surface area contributed by atoms with Crippen LogP contribution in [0, 0.1) is 0 Å². The van der Waals surface area contributed by atoms with E-state index in [1.807, 2.05) is 50.0 Å². The molecule has 4 aromatic heterocycles. The number of aromatic nitrogens is 6. The average molecular weight is 827 g/mol. The van der Waals surface area contributed by atoms with Gasteiger partial charge in [-0.3, -0.25) is 0 Å². The Bertz CT molecular complexity index is 1140. The largest absolute Gasteiger partial charge is 1.00 e. The molecule has 212 valence electrons. The lowest BCUT2D eigenvalue weighted by Gasteiger charge is -2.04. The summed E-state index contributed by atoms with van der Waals surface area (Å²) in [4.78, 5) is 0. The number of unbranched alkanes of at least 4 members (excludes halogenated alkanes) is 8. The predicted octanol–water partition coefficient (Wildman–Crippen LogP) is 0.776. The molecule has 0 atom stereocenters. The van der Waals surface area contributed by atoms with Crippen LogP contribution in [0.1, 0.15) is 57.8 Å². The maximum absolute atomic E-state index is 4.52. The summed E-state index contributed by atoms with van der Waals surface area (Å²) in [7, 11) is 4.08. The molecule has 0 fully saturated rings. The second kappa shape index (κ2) is 19.7. The van der Waals surface area contributed by atoms with E-state index < -0.39 is 0 Å². The molecule has 4 rings (SSSR count). The van der Waals surface area contributed by atoms with E-state index in [2.05, 4.69) is 63.3 Å². The fourth-order valence-corrected chi connectivity index (χ4v) is 7.51. The van der Waals surface area contributed by atoms with Gasteiger partial charge in [-0.1, -0.05) is 44.9 Å². The van der Waals surface area contributed by atoms with Crippen molar-refractivity contribution in [1.29, 1.82) is 0 Å². The summed E-state index contributed by atoms with van der Waals surface area (Å²) >= 11 is 6.32. The predicted molar refractivity (Wildman–Crippen MR) is 156 cm³/mol. The minimum atomic E-state index is 0. The van der Waals surface area contributed by atoms with Crippen LogP contribution in [0.25, 0.3) is 22.5 Å². The molecule has 0 aliphatic heterocycles. The average Bonchev–Trinajstić information content (AvgIpc) is 3.56. The van der Waals surface area contributed by atoms with Crippen molar-refractivity contribution in [1.82, 2.24) is 17.5 Å². The molecule has 0 radical (unpaired) electrons. The van der Waals surface area contributed by atoms with E-state index in [0.717, 1.165) is 44.1 Å². The molecule has 0 aliphatic carbocycles. The zero-order valence-electron chi connectivity index (χ0n) is 22.5. The van der Waals surface area contributed by atoms with Crippen molar-refractivity contribution in [2.75, 3.05) is 11.5 Å². The molecule has 0 saturated heterocycles. The maximum atomic E-state index is 4.52. The lowest BCUT2D eigenvalue weighted by molar-refractivity contribution is -0.671. The summed E-state index contributed by atoms with van der Waals surface area (Å²) in [5.74, 6) is 2.24. The molecular weight excluding hydrogens is 790 g/mol.